The molecule has 0 saturated heterocycles. The van der Waals surface area contributed by atoms with E-state index in [1.165, 1.54) is 10.8 Å². The van der Waals surface area contributed by atoms with Gasteiger partial charge in [-0.15, -0.1) is 0 Å². The first kappa shape index (κ1) is 10.9. The molecule has 0 aliphatic heterocycles. The van der Waals surface area contributed by atoms with Gasteiger partial charge in [-0.2, -0.15) is 5.10 Å². The van der Waals surface area contributed by atoms with Gasteiger partial charge in [-0.25, -0.2) is 4.98 Å². The van der Waals surface area contributed by atoms with Crippen LogP contribution in [0.25, 0.3) is 0 Å². The van der Waals surface area contributed by atoms with Gasteiger partial charge in [0, 0.05) is 19.4 Å². The molecule has 0 bridgehead atoms. The van der Waals surface area contributed by atoms with Crippen molar-refractivity contribution in [3.8, 4) is 0 Å². The van der Waals surface area contributed by atoms with E-state index in [0.29, 0.717) is 6.54 Å². The number of rotatable bonds is 2. The second-order valence-electron chi connectivity index (χ2n) is 3.55. The average molecular weight is 239 g/mol. The lowest BCUT2D eigenvalue weighted by molar-refractivity contribution is 0.648. The number of hydrogen-bond acceptors (Lipinski definition) is 3. The lowest BCUT2D eigenvalue weighted by Gasteiger charge is -2.05. The fourth-order valence-electron chi connectivity index (χ4n) is 1.53. The van der Waals surface area contributed by atoms with E-state index in [1.807, 2.05) is 20.0 Å². The first-order chi connectivity index (χ1) is 7.58. The molecule has 2 aromatic rings. The largest absolute Gasteiger partial charge is 0.305 e. The summed E-state index contributed by atoms with van der Waals surface area (Å²) in [5.74, 6) is 0. The molecule has 0 saturated carbocycles. The zero-order valence-corrected chi connectivity index (χ0v) is 9.77. The van der Waals surface area contributed by atoms with Crippen LogP contribution in [-0.2, 0) is 13.6 Å². The van der Waals surface area contributed by atoms with Crippen LogP contribution in [0.2, 0.25) is 5.15 Å². The predicted octanol–water partition coefficient (Wildman–Crippen LogP) is 0.987. The van der Waals surface area contributed by atoms with Crippen molar-refractivity contribution in [1.29, 1.82) is 0 Å². The van der Waals surface area contributed by atoms with Gasteiger partial charge < -0.3 is 4.57 Å². The highest BCUT2D eigenvalue weighted by molar-refractivity contribution is 6.29. The van der Waals surface area contributed by atoms with Crippen LogP contribution in [-0.4, -0.2) is 19.3 Å². The summed E-state index contributed by atoms with van der Waals surface area (Å²) >= 11 is 5.66. The van der Waals surface area contributed by atoms with E-state index >= 15 is 0 Å². The van der Waals surface area contributed by atoms with Crippen LogP contribution >= 0.6 is 11.6 Å². The summed E-state index contributed by atoms with van der Waals surface area (Å²) in [6, 6.07) is 1.93. The minimum Gasteiger partial charge on any atom is -0.305 e. The van der Waals surface area contributed by atoms with Gasteiger partial charge >= 0.3 is 0 Å². The van der Waals surface area contributed by atoms with Crippen molar-refractivity contribution in [2.75, 3.05) is 0 Å². The summed E-state index contributed by atoms with van der Waals surface area (Å²) in [5.41, 5.74) is 1.58. The molecule has 2 rings (SSSR count). The van der Waals surface area contributed by atoms with Crippen LogP contribution in [0.1, 0.15) is 11.4 Å². The Hall–Kier alpha value is -1.62. The predicted molar refractivity (Wildman–Crippen MR) is 60.6 cm³/mol. The first-order valence-electron chi connectivity index (χ1n) is 4.78. The molecular formula is C10H11ClN4O. The molecule has 6 heteroatoms. The molecular weight excluding hydrogens is 228 g/mol. The maximum Gasteiger partial charge on any atom is 0.288 e. The topological polar surface area (TPSA) is 52.7 Å². The highest BCUT2D eigenvalue weighted by Gasteiger charge is 2.06. The van der Waals surface area contributed by atoms with E-state index in [1.54, 1.807) is 10.9 Å². The zero-order valence-electron chi connectivity index (χ0n) is 9.01. The van der Waals surface area contributed by atoms with Crippen molar-refractivity contribution in [1.82, 2.24) is 19.3 Å². The number of halogens is 1. The van der Waals surface area contributed by atoms with Crippen molar-refractivity contribution >= 4 is 11.6 Å². The summed E-state index contributed by atoms with van der Waals surface area (Å²) in [5, 5.41) is 4.20. The Morgan fingerprint density at radius 1 is 1.50 bits per heavy atom. The summed E-state index contributed by atoms with van der Waals surface area (Å²) in [6.07, 6.45) is 3.11. The molecule has 0 aromatic carbocycles. The molecule has 16 heavy (non-hydrogen) atoms. The van der Waals surface area contributed by atoms with Gasteiger partial charge in [-0.1, -0.05) is 11.6 Å². The molecule has 0 aliphatic rings. The lowest BCUT2D eigenvalue weighted by Crippen LogP contribution is -2.22. The molecule has 2 aromatic heterocycles. The SMILES string of the molecule is Cc1cc(Cn2ccnc(Cl)c2=O)n(C)n1. The molecule has 0 unspecified atom stereocenters. The van der Waals surface area contributed by atoms with Crippen LogP contribution in [0.4, 0.5) is 0 Å². The lowest BCUT2D eigenvalue weighted by atomic mass is 10.3. The Morgan fingerprint density at radius 2 is 2.25 bits per heavy atom. The summed E-state index contributed by atoms with van der Waals surface area (Å²) < 4.78 is 3.25. The second-order valence-corrected chi connectivity index (χ2v) is 3.91. The van der Waals surface area contributed by atoms with E-state index in [2.05, 4.69) is 10.1 Å². The molecule has 0 fully saturated rings. The molecule has 0 aliphatic carbocycles. The van der Waals surface area contributed by atoms with Gasteiger partial charge in [-0.3, -0.25) is 9.48 Å². The van der Waals surface area contributed by atoms with E-state index in [4.69, 9.17) is 11.6 Å². The summed E-state index contributed by atoms with van der Waals surface area (Å²) in [6.45, 7) is 2.35. The van der Waals surface area contributed by atoms with Crippen molar-refractivity contribution in [2.45, 2.75) is 13.5 Å². The minimum absolute atomic E-state index is 0.0126. The third-order valence-electron chi connectivity index (χ3n) is 2.30. The smallest absolute Gasteiger partial charge is 0.288 e. The fraction of sp³-hybridized carbons (Fsp3) is 0.300. The van der Waals surface area contributed by atoms with Crippen LogP contribution in [0.5, 0.6) is 0 Å². The molecule has 2 heterocycles. The van der Waals surface area contributed by atoms with Gasteiger partial charge in [0.15, 0.2) is 5.15 Å². The standard InChI is InChI=1S/C10H11ClN4O/c1-7-5-8(14(2)13-7)6-15-4-3-12-9(11)10(15)16/h3-5H,6H2,1-2H3. The Balaban J connectivity index is 2.38. The van der Waals surface area contributed by atoms with Gasteiger partial charge in [0.05, 0.1) is 17.9 Å². The van der Waals surface area contributed by atoms with Gasteiger partial charge in [0.2, 0.25) is 0 Å². The highest BCUT2D eigenvalue weighted by Crippen LogP contribution is 2.03. The van der Waals surface area contributed by atoms with Crippen LogP contribution in [0.3, 0.4) is 0 Å². The zero-order chi connectivity index (χ0) is 11.7. The van der Waals surface area contributed by atoms with Crippen molar-refractivity contribution in [2.24, 2.45) is 7.05 Å². The van der Waals surface area contributed by atoms with E-state index in [-0.39, 0.29) is 10.7 Å². The number of hydrogen-bond donors (Lipinski definition) is 0. The van der Waals surface area contributed by atoms with Gasteiger partial charge in [-0.05, 0) is 13.0 Å². The number of nitrogens with zero attached hydrogens (tertiary/aromatic N) is 4. The third-order valence-corrected chi connectivity index (χ3v) is 2.56. The number of aromatic nitrogens is 4. The van der Waals surface area contributed by atoms with Crippen molar-refractivity contribution in [3.05, 3.63) is 45.4 Å². The second kappa shape index (κ2) is 4.09. The van der Waals surface area contributed by atoms with E-state index in [0.717, 1.165) is 11.4 Å². The molecule has 0 spiro atoms. The summed E-state index contributed by atoms with van der Waals surface area (Å²) in [7, 11) is 1.84. The van der Waals surface area contributed by atoms with Crippen LogP contribution < -0.4 is 5.56 Å². The molecule has 5 nitrogen and oxygen atoms in total. The molecule has 0 amide bonds. The van der Waals surface area contributed by atoms with Gasteiger partial charge in [0.25, 0.3) is 5.56 Å². The minimum atomic E-state index is -0.289. The molecule has 0 radical (unpaired) electrons. The maximum atomic E-state index is 11.6. The molecule has 0 N–H and O–H groups in total. The average Bonchev–Trinajstić information content (AvgIpc) is 2.53. The Labute approximate surface area is 97.3 Å². The fourth-order valence-corrected chi connectivity index (χ4v) is 1.70. The third kappa shape index (κ3) is 1.99. The van der Waals surface area contributed by atoms with E-state index in [9.17, 15) is 4.79 Å². The molecule has 0 atom stereocenters. The van der Waals surface area contributed by atoms with Crippen molar-refractivity contribution in [3.63, 3.8) is 0 Å². The van der Waals surface area contributed by atoms with E-state index < -0.39 is 0 Å². The van der Waals surface area contributed by atoms with Crippen molar-refractivity contribution < 1.29 is 0 Å². The quantitative estimate of drug-likeness (QED) is 0.784. The first-order valence-corrected chi connectivity index (χ1v) is 5.16. The highest BCUT2D eigenvalue weighted by atomic mass is 35.5. The Bertz CT molecular complexity index is 572. The normalized spacial score (nSPS) is 10.7. The molecule has 84 valence electrons. The monoisotopic (exact) mass is 238 g/mol. The number of aryl methyl sites for hydroxylation is 2. The van der Waals surface area contributed by atoms with Crippen LogP contribution in [0.15, 0.2) is 23.3 Å². The Morgan fingerprint density at radius 3 is 2.88 bits per heavy atom. The Kier molecular flexibility index (Phi) is 2.78. The van der Waals surface area contributed by atoms with Gasteiger partial charge in [0.1, 0.15) is 0 Å². The van der Waals surface area contributed by atoms with Crippen LogP contribution in [0, 0.1) is 6.92 Å². The summed E-state index contributed by atoms with van der Waals surface area (Å²) in [4.78, 5) is 15.3. The maximum absolute atomic E-state index is 11.6.